The summed E-state index contributed by atoms with van der Waals surface area (Å²) in [6.07, 6.45) is 4.58. The molecule has 12 heteroatoms. The van der Waals surface area contributed by atoms with Gasteiger partial charge < -0.3 is 34.8 Å². The van der Waals surface area contributed by atoms with Crippen LogP contribution < -0.4 is 25.6 Å². The number of piperidine rings is 2. The number of nitrogens with zero attached hydrogens (tertiary/aromatic N) is 5. The number of hydrogen-bond donors (Lipinski definition) is 3. The first-order chi connectivity index (χ1) is 19.2. The van der Waals surface area contributed by atoms with E-state index < -0.39 is 13.2 Å². The molecule has 3 aromatic rings. The first-order valence-electron chi connectivity index (χ1n) is 13.4. The van der Waals surface area contributed by atoms with Gasteiger partial charge in [0, 0.05) is 43.2 Å². The molecule has 2 aliphatic rings. The molecule has 2 aromatic carbocycles. The molecule has 5 rings (SSSR count). The number of amides is 1. The molecule has 3 N–H and O–H groups in total. The summed E-state index contributed by atoms with van der Waals surface area (Å²) in [6, 6.07) is 13.5. The normalized spacial score (nSPS) is 17.0. The number of carbonyl (C=O) groups is 1. The van der Waals surface area contributed by atoms with E-state index in [-0.39, 0.29) is 5.41 Å². The second kappa shape index (κ2) is 11.3. The summed E-state index contributed by atoms with van der Waals surface area (Å²) in [5.41, 5.74) is 2.75. The number of methoxy groups -OCH3 is 1. The van der Waals surface area contributed by atoms with E-state index in [9.17, 15) is 14.5 Å². The minimum atomic E-state index is -2.50. The SMILES string of the molecule is COc1cc(N2CCC3(CCN(C(=O)O)CC3)CC2)ccc1Nc1ncnc(Nc2ccccc2P(C)(C)=O)n1. The van der Waals surface area contributed by atoms with Crippen molar-refractivity contribution >= 4 is 47.5 Å². The number of anilines is 5. The van der Waals surface area contributed by atoms with Crippen LogP contribution in [0.2, 0.25) is 0 Å². The molecule has 1 aromatic heterocycles. The van der Waals surface area contributed by atoms with Gasteiger partial charge in [0.2, 0.25) is 11.9 Å². The summed E-state index contributed by atoms with van der Waals surface area (Å²) < 4.78 is 18.4. The maximum absolute atomic E-state index is 12.7. The highest BCUT2D eigenvalue weighted by Crippen LogP contribution is 2.43. The molecule has 2 aliphatic heterocycles. The zero-order valence-electron chi connectivity index (χ0n) is 23.1. The fourth-order valence-corrected chi connectivity index (χ4v) is 6.75. The van der Waals surface area contributed by atoms with E-state index >= 15 is 0 Å². The molecule has 1 spiro atoms. The van der Waals surface area contributed by atoms with Crippen molar-refractivity contribution in [1.82, 2.24) is 19.9 Å². The van der Waals surface area contributed by atoms with Gasteiger partial charge >= 0.3 is 6.09 Å². The Bertz CT molecular complexity index is 1410. The Morgan fingerprint density at radius 1 is 0.950 bits per heavy atom. The highest BCUT2D eigenvalue weighted by molar-refractivity contribution is 7.70. The summed E-state index contributed by atoms with van der Waals surface area (Å²) in [5, 5.41) is 16.4. The maximum atomic E-state index is 12.7. The van der Waals surface area contributed by atoms with E-state index in [4.69, 9.17) is 4.74 Å². The third kappa shape index (κ3) is 6.14. The molecule has 3 heterocycles. The van der Waals surface area contributed by atoms with E-state index in [2.05, 4.69) is 36.6 Å². The van der Waals surface area contributed by atoms with Crippen molar-refractivity contribution in [3.05, 3.63) is 48.8 Å². The Labute approximate surface area is 234 Å². The number of nitrogens with one attached hydrogen (secondary N) is 2. The van der Waals surface area contributed by atoms with Gasteiger partial charge in [0.25, 0.3) is 0 Å². The van der Waals surface area contributed by atoms with Crippen LogP contribution in [0, 0.1) is 5.41 Å². The lowest BCUT2D eigenvalue weighted by Gasteiger charge is -2.47. The zero-order chi connectivity index (χ0) is 28.3. The van der Waals surface area contributed by atoms with Gasteiger partial charge in [0.15, 0.2) is 0 Å². The Kier molecular flexibility index (Phi) is 7.85. The van der Waals surface area contributed by atoms with Crippen LogP contribution in [0.1, 0.15) is 25.7 Å². The second-order valence-corrected chi connectivity index (χ2v) is 14.1. The Hall–Kier alpha value is -3.85. The quantitative estimate of drug-likeness (QED) is 0.337. The summed E-state index contributed by atoms with van der Waals surface area (Å²) >= 11 is 0. The summed E-state index contributed by atoms with van der Waals surface area (Å²) in [7, 11) is -0.860. The van der Waals surface area contributed by atoms with Gasteiger partial charge in [0.1, 0.15) is 19.2 Å². The maximum Gasteiger partial charge on any atom is 0.407 e. The lowest BCUT2D eigenvalue weighted by Crippen LogP contribution is -2.48. The van der Waals surface area contributed by atoms with Crippen molar-refractivity contribution in [2.45, 2.75) is 25.7 Å². The number of hydrogen-bond acceptors (Lipinski definition) is 9. The summed E-state index contributed by atoms with van der Waals surface area (Å²) in [4.78, 5) is 28.2. The van der Waals surface area contributed by atoms with E-state index in [0.717, 1.165) is 55.5 Å². The molecule has 0 unspecified atom stereocenters. The standard InChI is InChI=1S/C28H36N7O4P/c1-39-23-18-20(34-14-10-28(11-15-34)12-16-35(17-13-28)27(36)37)8-9-21(23)31-25-29-19-30-26(33-25)32-22-6-4-5-7-24(22)40(2,3)38/h4-9,18-19H,10-17H2,1-3H3,(H,36,37)(H2,29,30,31,32,33). The number of benzene rings is 2. The van der Waals surface area contributed by atoms with Crippen LogP contribution in [-0.4, -0.2) is 77.7 Å². The van der Waals surface area contributed by atoms with E-state index in [1.165, 1.54) is 11.2 Å². The molecule has 0 saturated carbocycles. The van der Waals surface area contributed by atoms with Gasteiger partial charge in [-0.25, -0.2) is 14.8 Å². The van der Waals surface area contributed by atoms with Crippen molar-refractivity contribution in [3.8, 4) is 5.75 Å². The first kappa shape index (κ1) is 27.7. The number of aromatic nitrogens is 3. The molecule has 212 valence electrons. The summed E-state index contributed by atoms with van der Waals surface area (Å²) in [5.74, 6) is 1.36. The van der Waals surface area contributed by atoms with Crippen LogP contribution in [0.25, 0.3) is 0 Å². The van der Waals surface area contributed by atoms with Crippen LogP contribution in [0.4, 0.5) is 33.8 Å². The van der Waals surface area contributed by atoms with E-state index in [1.807, 2.05) is 36.4 Å². The van der Waals surface area contributed by atoms with Gasteiger partial charge in [-0.05, 0) is 68.7 Å². The van der Waals surface area contributed by atoms with Crippen LogP contribution in [0.15, 0.2) is 48.8 Å². The number of ether oxygens (including phenoxy) is 1. The highest BCUT2D eigenvalue weighted by Gasteiger charge is 2.38. The molecular weight excluding hydrogens is 529 g/mol. The van der Waals surface area contributed by atoms with E-state index in [0.29, 0.717) is 36.4 Å². The van der Waals surface area contributed by atoms with E-state index in [1.54, 1.807) is 20.4 Å². The molecule has 0 atom stereocenters. The molecule has 2 saturated heterocycles. The molecule has 40 heavy (non-hydrogen) atoms. The topological polar surface area (TPSA) is 133 Å². The van der Waals surface area contributed by atoms with Crippen molar-refractivity contribution in [2.24, 2.45) is 5.41 Å². The van der Waals surface area contributed by atoms with Gasteiger partial charge in [0.05, 0.1) is 18.5 Å². The Balaban J connectivity index is 1.25. The van der Waals surface area contributed by atoms with Crippen LogP contribution in [-0.2, 0) is 4.57 Å². The van der Waals surface area contributed by atoms with Gasteiger partial charge in [-0.1, -0.05) is 12.1 Å². The number of likely N-dealkylation sites (tertiary alicyclic amines) is 1. The third-order valence-corrected chi connectivity index (χ3v) is 9.57. The first-order valence-corrected chi connectivity index (χ1v) is 16.0. The number of para-hydroxylation sites is 1. The molecule has 11 nitrogen and oxygen atoms in total. The molecule has 1 amide bonds. The molecule has 2 fully saturated rings. The summed E-state index contributed by atoms with van der Waals surface area (Å²) in [6.45, 7) is 6.57. The third-order valence-electron chi connectivity index (χ3n) is 8.02. The molecule has 0 bridgehead atoms. The number of carboxylic acid groups (broad SMARTS) is 1. The Morgan fingerprint density at radius 2 is 1.57 bits per heavy atom. The minimum Gasteiger partial charge on any atom is -0.494 e. The van der Waals surface area contributed by atoms with Crippen molar-refractivity contribution in [3.63, 3.8) is 0 Å². The van der Waals surface area contributed by atoms with Gasteiger partial charge in [-0.2, -0.15) is 4.98 Å². The van der Waals surface area contributed by atoms with Crippen LogP contribution in [0.5, 0.6) is 5.75 Å². The van der Waals surface area contributed by atoms with Gasteiger partial charge in [-0.15, -0.1) is 0 Å². The average molecular weight is 566 g/mol. The smallest absolute Gasteiger partial charge is 0.407 e. The monoisotopic (exact) mass is 565 g/mol. The molecule has 0 aliphatic carbocycles. The van der Waals surface area contributed by atoms with Crippen LogP contribution >= 0.6 is 7.14 Å². The molecule has 0 radical (unpaired) electrons. The highest BCUT2D eigenvalue weighted by atomic mass is 31.2. The second-order valence-electron chi connectivity index (χ2n) is 10.9. The number of rotatable bonds is 7. The van der Waals surface area contributed by atoms with Crippen molar-refractivity contribution in [2.75, 3.05) is 62.2 Å². The lowest BCUT2D eigenvalue weighted by atomic mass is 9.71. The van der Waals surface area contributed by atoms with Crippen molar-refractivity contribution < 1.29 is 19.2 Å². The molecular formula is C28H36N7O4P. The largest absolute Gasteiger partial charge is 0.494 e. The predicted octanol–water partition coefficient (Wildman–Crippen LogP) is 4.98. The Morgan fingerprint density at radius 3 is 2.20 bits per heavy atom. The lowest BCUT2D eigenvalue weighted by molar-refractivity contribution is 0.0736. The van der Waals surface area contributed by atoms with Gasteiger partial charge in [-0.3, -0.25) is 0 Å². The van der Waals surface area contributed by atoms with Crippen molar-refractivity contribution in [1.29, 1.82) is 0 Å². The fraction of sp³-hybridized carbons (Fsp3) is 0.429. The zero-order valence-corrected chi connectivity index (χ0v) is 24.0. The average Bonchev–Trinajstić information content (AvgIpc) is 2.94. The predicted molar refractivity (Wildman–Crippen MR) is 158 cm³/mol. The minimum absolute atomic E-state index is 0.240. The fourth-order valence-electron chi connectivity index (χ4n) is 5.60. The van der Waals surface area contributed by atoms with Crippen LogP contribution in [0.3, 0.4) is 0 Å².